The quantitative estimate of drug-likeness (QED) is 0.246. The van der Waals surface area contributed by atoms with Gasteiger partial charge >= 0.3 is 0 Å². The Hall–Kier alpha value is -2.31. The SMILES string of the molecule is Cc1cc(=O)c(C(=O)NC(C)C(N)=NO)c[nH]1. The third kappa shape index (κ3) is 3.07. The van der Waals surface area contributed by atoms with Gasteiger partial charge in [-0.05, 0) is 13.8 Å². The van der Waals surface area contributed by atoms with Gasteiger partial charge in [-0.2, -0.15) is 0 Å². The van der Waals surface area contributed by atoms with Gasteiger partial charge in [0.2, 0.25) is 0 Å². The fraction of sp³-hybridized carbons (Fsp3) is 0.300. The first-order valence-electron chi connectivity index (χ1n) is 4.93. The number of amidine groups is 1. The smallest absolute Gasteiger partial charge is 0.257 e. The summed E-state index contributed by atoms with van der Waals surface area (Å²) in [7, 11) is 0. The largest absolute Gasteiger partial charge is 0.409 e. The molecule has 92 valence electrons. The minimum atomic E-state index is -0.659. The third-order valence-electron chi connectivity index (χ3n) is 2.21. The van der Waals surface area contributed by atoms with Crippen molar-refractivity contribution in [3.63, 3.8) is 0 Å². The van der Waals surface area contributed by atoms with Crippen LogP contribution in [0.5, 0.6) is 0 Å². The van der Waals surface area contributed by atoms with Crippen LogP contribution >= 0.6 is 0 Å². The number of hydrogen-bond donors (Lipinski definition) is 4. The summed E-state index contributed by atoms with van der Waals surface area (Å²) in [6.45, 7) is 3.25. The number of oxime groups is 1. The van der Waals surface area contributed by atoms with Gasteiger partial charge in [-0.25, -0.2) is 0 Å². The molecule has 5 N–H and O–H groups in total. The minimum Gasteiger partial charge on any atom is -0.409 e. The molecular formula is C10H14N4O3. The number of aryl methyl sites for hydroxylation is 1. The lowest BCUT2D eigenvalue weighted by molar-refractivity contribution is 0.0947. The molecule has 0 aliphatic heterocycles. The lowest BCUT2D eigenvalue weighted by atomic mass is 10.2. The summed E-state index contributed by atoms with van der Waals surface area (Å²) < 4.78 is 0. The number of amides is 1. The van der Waals surface area contributed by atoms with Crippen LogP contribution in [-0.2, 0) is 0 Å². The van der Waals surface area contributed by atoms with Gasteiger partial charge in [0.1, 0.15) is 5.56 Å². The van der Waals surface area contributed by atoms with Gasteiger partial charge in [-0.1, -0.05) is 5.16 Å². The Balaban J connectivity index is 2.88. The van der Waals surface area contributed by atoms with Crippen LogP contribution in [0.15, 0.2) is 22.2 Å². The number of H-pyrrole nitrogens is 1. The average Bonchev–Trinajstić information content (AvgIpc) is 2.27. The molecule has 0 radical (unpaired) electrons. The predicted octanol–water partition coefficient (Wildman–Crippen LogP) is -0.452. The highest BCUT2D eigenvalue weighted by Crippen LogP contribution is 1.93. The molecule has 1 aromatic heterocycles. The van der Waals surface area contributed by atoms with E-state index in [1.54, 1.807) is 6.92 Å². The highest BCUT2D eigenvalue weighted by Gasteiger charge is 2.15. The van der Waals surface area contributed by atoms with Crippen LogP contribution in [0.4, 0.5) is 0 Å². The number of nitrogens with one attached hydrogen (secondary N) is 2. The molecule has 1 atom stereocenters. The van der Waals surface area contributed by atoms with Gasteiger partial charge in [0.15, 0.2) is 11.3 Å². The highest BCUT2D eigenvalue weighted by atomic mass is 16.4. The molecule has 0 fully saturated rings. The maximum Gasteiger partial charge on any atom is 0.257 e. The zero-order valence-electron chi connectivity index (χ0n) is 9.52. The van der Waals surface area contributed by atoms with Crippen molar-refractivity contribution in [1.82, 2.24) is 10.3 Å². The summed E-state index contributed by atoms with van der Waals surface area (Å²) in [6, 6.07) is 0.663. The maximum absolute atomic E-state index is 11.7. The number of nitrogens with two attached hydrogens (primary N) is 1. The number of carbonyl (C=O) groups excluding carboxylic acids is 1. The molecule has 0 aliphatic rings. The van der Waals surface area contributed by atoms with Gasteiger partial charge in [-0.3, -0.25) is 9.59 Å². The van der Waals surface area contributed by atoms with E-state index < -0.39 is 11.9 Å². The van der Waals surface area contributed by atoms with Crippen LogP contribution < -0.4 is 16.5 Å². The van der Waals surface area contributed by atoms with Gasteiger partial charge in [0.25, 0.3) is 5.91 Å². The van der Waals surface area contributed by atoms with Crippen LogP contribution in [0.2, 0.25) is 0 Å². The molecule has 1 amide bonds. The standard InChI is InChI=1S/C10H14N4O3/c1-5-3-8(15)7(4-12-5)10(16)13-6(2)9(11)14-17/h3-4,6,17H,1-2H3,(H2,11,14)(H,12,15)(H,13,16). The Kier molecular flexibility index (Phi) is 3.86. The Labute approximate surface area is 97.3 Å². The number of aromatic amines is 1. The fourth-order valence-corrected chi connectivity index (χ4v) is 1.19. The monoisotopic (exact) mass is 238 g/mol. The lowest BCUT2D eigenvalue weighted by Gasteiger charge is -2.11. The van der Waals surface area contributed by atoms with Crippen molar-refractivity contribution in [2.75, 3.05) is 0 Å². The number of rotatable bonds is 3. The third-order valence-corrected chi connectivity index (χ3v) is 2.21. The molecule has 0 aromatic carbocycles. The van der Waals surface area contributed by atoms with E-state index in [-0.39, 0.29) is 16.8 Å². The van der Waals surface area contributed by atoms with E-state index in [0.29, 0.717) is 5.69 Å². The molecule has 7 heteroatoms. The average molecular weight is 238 g/mol. The van der Waals surface area contributed by atoms with Gasteiger partial charge < -0.3 is 21.2 Å². The topological polar surface area (TPSA) is 121 Å². The number of nitrogens with zero attached hydrogens (tertiary/aromatic N) is 1. The van der Waals surface area contributed by atoms with E-state index in [1.165, 1.54) is 19.2 Å². The second-order valence-corrected chi connectivity index (χ2v) is 3.61. The van der Waals surface area contributed by atoms with Crippen LogP contribution in [-0.4, -0.2) is 28.0 Å². The Bertz CT molecular complexity index is 507. The maximum atomic E-state index is 11.7. The van der Waals surface area contributed by atoms with Crippen LogP contribution in [0, 0.1) is 6.92 Å². The Morgan fingerprint density at radius 3 is 2.82 bits per heavy atom. The van der Waals surface area contributed by atoms with Crippen molar-refractivity contribution in [1.29, 1.82) is 0 Å². The van der Waals surface area contributed by atoms with E-state index >= 15 is 0 Å². The van der Waals surface area contributed by atoms with Crippen LogP contribution in [0.1, 0.15) is 23.0 Å². The second kappa shape index (κ2) is 5.15. The summed E-state index contributed by atoms with van der Waals surface area (Å²) in [5.41, 5.74) is 5.56. The highest BCUT2D eigenvalue weighted by molar-refractivity contribution is 5.97. The first kappa shape index (κ1) is 12.8. The van der Waals surface area contributed by atoms with Gasteiger partial charge in [0.05, 0.1) is 6.04 Å². The van der Waals surface area contributed by atoms with E-state index in [9.17, 15) is 9.59 Å². The van der Waals surface area contributed by atoms with Gasteiger partial charge in [0, 0.05) is 18.0 Å². The summed E-state index contributed by atoms with van der Waals surface area (Å²) >= 11 is 0. The summed E-state index contributed by atoms with van der Waals surface area (Å²) in [4.78, 5) is 26.0. The number of aromatic nitrogens is 1. The first-order valence-corrected chi connectivity index (χ1v) is 4.93. The van der Waals surface area contributed by atoms with Crippen molar-refractivity contribution in [2.24, 2.45) is 10.9 Å². The molecule has 0 bridgehead atoms. The molecular weight excluding hydrogens is 224 g/mol. The van der Waals surface area contributed by atoms with Crippen molar-refractivity contribution in [2.45, 2.75) is 19.9 Å². The summed E-state index contributed by atoms with van der Waals surface area (Å²) in [6.07, 6.45) is 1.33. The van der Waals surface area contributed by atoms with Crippen molar-refractivity contribution in [3.8, 4) is 0 Å². The Morgan fingerprint density at radius 2 is 2.29 bits per heavy atom. The number of pyridine rings is 1. The van der Waals surface area contributed by atoms with E-state index in [1.807, 2.05) is 0 Å². The summed E-state index contributed by atoms with van der Waals surface area (Å²) in [5, 5.41) is 13.6. The molecule has 17 heavy (non-hydrogen) atoms. The molecule has 1 aromatic rings. The molecule has 0 saturated heterocycles. The first-order chi connectivity index (χ1) is 7.95. The summed E-state index contributed by atoms with van der Waals surface area (Å²) in [5.74, 6) is -0.716. The number of carbonyl (C=O) groups is 1. The molecule has 1 unspecified atom stereocenters. The van der Waals surface area contributed by atoms with Crippen molar-refractivity contribution in [3.05, 3.63) is 33.7 Å². The van der Waals surface area contributed by atoms with E-state index in [4.69, 9.17) is 10.9 Å². The minimum absolute atomic E-state index is 0.0202. The van der Waals surface area contributed by atoms with Crippen LogP contribution in [0.3, 0.4) is 0 Å². The normalized spacial score (nSPS) is 13.2. The molecule has 1 rings (SSSR count). The molecule has 0 saturated carbocycles. The van der Waals surface area contributed by atoms with Gasteiger partial charge in [-0.15, -0.1) is 0 Å². The predicted molar refractivity (Wildman–Crippen MR) is 62.1 cm³/mol. The van der Waals surface area contributed by atoms with E-state index in [2.05, 4.69) is 15.5 Å². The molecule has 0 spiro atoms. The zero-order chi connectivity index (χ0) is 13.0. The second-order valence-electron chi connectivity index (χ2n) is 3.61. The molecule has 0 aliphatic carbocycles. The molecule has 7 nitrogen and oxygen atoms in total. The van der Waals surface area contributed by atoms with Crippen molar-refractivity contribution < 1.29 is 10.0 Å². The van der Waals surface area contributed by atoms with Crippen LogP contribution in [0.25, 0.3) is 0 Å². The van der Waals surface area contributed by atoms with E-state index in [0.717, 1.165) is 0 Å². The Morgan fingerprint density at radius 1 is 1.65 bits per heavy atom. The fourth-order valence-electron chi connectivity index (χ4n) is 1.19. The molecule has 1 heterocycles. The lowest BCUT2D eigenvalue weighted by Crippen LogP contribution is -2.43. The zero-order valence-corrected chi connectivity index (χ0v) is 9.52. The number of hydrogen-bond acceptors (Lipinski definition) is 4. The van der Waals surface area contributed by atoms with Crippen molar-refractivity contribution >= 4 is 11.7 Å².